The van der Waals surface area contributed by atoms with Gasteiger partial charge in [-0.15, -0.1) is 0 Å². The Morgan fingerprint density at radius 2 is 2.26 bits per heavy atom. The molecule has 5 nitrogen and oxygen atoms in total. The molecule has 1 heterocycles. The Hall–Kier alpha value is -0.880. The SMILES string of the molecule is COC(=O)C(CCn1nc(C)c(Br)c1C)NC1CC1. The molecule has 1 aliphatic carbocycles. The molecule has 1 aliphatic rings. The van der Waals surface area contributed by atoms with E-state index in [4.69, 9.17) is 4.74 Å². The maximum atomic E-state index is 11.7. The molecule has 0 radical (unpaired) electrons. The zero-order valence-corrected chi connectivity index (χ0v) is 13.2. The van der Waals surface area contributed by atoms with E-state index in [9.17, 15) is 4.79 Å². The molecule has 1 N–H and O–H groups in total. The summed E-state index contributed by atoms with van der Waals surface area (Å²) in [6.07, 6.45) is 3.00. The fraction of sp³-hybridized carbons (Fsp3) is 0.692. The van der Waals surface area contributed by atoms with Crippen molar-refractivity contribution < 1.29 is 9.53 Å². The van der Waals surface area contributed by atoms with E-state index in [1.807, 2.05) is 18.5 Å². The van der Waals surface area contributed by atoms with Gasteiger partial charge in [0.1, 0.15) is 6.04 Å². The Labute approximate surface area is 121 Å². The lowest BCUT2D eigenvalue weighted by atomic mass is 10.2. The van der Waals surface area contributed by atoms with E-state index < -0.39 is 0 Å². The van der Waals surface area contributed by atoms with Crippen LogP contribution < -0.4 is 5.32 Å². The van der Waals surface area contributed by atoms with Gasteiger partial charge in [-0.1, -0.05) is 0 Å². The fourth-order valence-electron chi connectivity index (χ4n) is 2.09. The molecule has 1 atom stereocenters. The van der Waals surface area contributed by atoms with Gasteiger partial charge < -0.3 is 10.1 Å². The van der Waals surface area contributed by atoms with Crippen LogP contribution in [-0.4, -0.2) is 34.9 Å². The predicted octanol–water partition coefficient (Wildman–Crippen LogP) is 1.95. The standard InChI is InChI=1S/C13H20BrN3O2/c1-8-12(14)9(2)17(16-8)7-6-11(13(18)19-3)15-10-4-5-10/h10-11,15H,4-7H2,1-3H3. The Balaban J connectivity index is 1.97. The van der Waals surface area contributed by atoms with E-state index in [-0.39, 0.29) is 12.0 Å². The third-order valence-corrected chi connectivity index (χ3v) is 4.57. The first-order chi connectivity index (χ1) is 9.02. The second-order valence-corrected chi connectivity index (χ2v) is 5.81. The maximum absolute atomic E-state index is 11.7. The summed E-state index contributed by atoms with van der Waals surface area (Å²) in [4.78, 5) is 11.7. The van der Waals surface area contributed by atoms with Crippen molar-refractivity contribution in [1.29, 1.82) is 0 Å². The minimum Gasteiger partial charge on any atom is -0.468 e. The number of halogens is 1. The van der Waals surface area contributed by atoms with Crippen molar-refractivity contribution in [2.45, 2.75) is 51.7 Å². The van der Waals surface area contributed by atoms with Crippen LogP contribution in [0.5, 0.6) is 0 Å². The van der Waals surface area contributed by atoms with Crippen molar-refractivity contribution in [3.63, 3.8) is 0 Å². The molecule has 6 heteroatoms. The molecule has 0 aromatic carbocycles. The lowest BCUT2D eigenvalue weighted by molar-refractivity contribution is -0.143. The van der Waals surface area contributed by atoms with Crippen molar-refractivity contribution in [3.05, 3.63) is 15.9 Å². The molecule has 1 unspecified atom stereocenters. The second-order valence-electron chi connectivity index (χ2n) is 5.01. The molecule has 1 fully saturated rings. The lowest BCUT2D eigenvalue weighted by Gasteiger charge is -2.16. The molecule has 0 aliphatic heterocycles. The van der Waals surface area contributed by atoms with Gasteiger partial charge in [0.15, 0.2) is 0 Å². The molecule has 1 aromatic heterocycles. The number of methoxy groups -OCH3 is 1. The number of aryl methyl sites for hydroxylation is 2. The maximum Gasteiger partial charge on any atom is 0.322 e. The van der Waals surface area contributed by atoms with Crippen LogP contribution in [0, 0.1) is 13.8 Å². The summed E-state index contributed by atoms with van der Waals surface area (Å²) < 4.78 is 7.82. The van der Waals surface area contributed by atoms with Crippen molar-refractivity contribution in [1.82, 2.24) is 15.1 Å². The number of carbonyl (C=O) groups excluding carboxylic acids is 1. The van der Waals surface area contributed by atoms with Crippen molar-refractivity contribution in [3.8, 4) is 0 Å². The van der Waals surface area contributed by atoms with Crippen LogP contribution in [0.25, 0.3) is 0 Å². The van der Waals surface area contributed by atoms with Crippen LogP contribution in [0.1, 0.15) is 30.7 Å². The number of aromatic nitrogens is 2. The Bertz CT molecular complexity index is 469. The molecule has 1 saturated carbocycles. The van der Waals surface area contributed by atoms with Gasteiger partial charge >= 0.3 is 5.97 Å². The first-order valence-electron chi connectivity index (χ1n) is 6.56. The number of rotatable bonds is 6. The highest BCUT2D eigenvalue weighted by Gasteiger charge is 2.28. The molecule has 0 spiro atoms. The van der Waals surface area contributed by atoms with Gasteiger partial charge in [-0.05, 0) is 49.0 Å². The van der Waals surface area contributed by atoms with Gasteiger partial charge in [0.05, 0.1) is 17.3 Å². The monoisotopic (exact) mass is 329 g/mol. The Morgan fingerprint density at radius 1 is 1.58 bits per heavy atom. The third-order valence-electron chi connectivity index (χ3n) is 3.42. The Kier molecular flexibility index (Phi) is 4.62. The van der Waals surface area contributed by atoms with Gasteiger partial charge in [0, 0.05) is 18.3 Å². The van der Waals surface area contributed by atoms with E-state index >= 15 is 0 Å². The second kappa shape index (κ2) is 6.05. The third kappa shape index (κ3) is 3.57. The number of nitrogens with zero attached hydrogens (tertiary/aromatic N) is 2. The van der Waals surface area contributed by atoms with Gasteiger partial charge in [-0.3, -0.25) is 9.48 Å². The number of carbonyl (C=O) groups is 1. The summed E-state index contributed by atoms with van der Waals surface area (Å²) in [5.41, 5.74) is 2.06. The fourth-order valence-corrected chi connectivity index (χ4v) is 2.37. The van der Waals surface area contributed by atoms with Gasteiger partial charge in [-0.2, -0.15) is 5.10 Å². The summed E-state index contributed by atoms with van der Waals surface area (Å²) in [6, 6.07) is 0.247. The highest BCUT2D eigenvalue weighted by Crippen LogP contribution is 2.22. The first kappa shape index (κ1) is 14.5. The highest BCUT2D eigenvalue weighted by atomic mass is 79.9. The summed E-state index contributed by atoms with van der Waals surface area (Å²) >= 11 is 3.51. The molecule has 0 bridgehead atoms. The van der Waals surface area contributed by atoms with E-state index in [1.54, 1.807) is 0 Å². The number of esters is 1. The summed E-state index contributed by atoms with van der Waals surface area (Å²) in [5.74, 6) is -0.188. The predicted molar refractivity (Wildman–Crippen MR) is 76.0 cm³/mol. The van der Waals surface area contributed by atoms with Gasteiger partial charge in [0.2, 0.25) is 0 Å². The average molecular weight is 330 g/mol. The van der Waals surface area contributed by atoms with Crippen LogP contribution in [0.4, 0.5) is 0 Å². The Morgan fingerprint density at radius 3 is 2.74 bits per heavy atom. The van der Waals surface area contributed by atoms with E-state index in [0.717, 1.165) is 28.7 Å². The quantitative estimate of drug-likeness (QED) is 0.810. The number of ether oxygens (including phenoxy) is 1. The number of hydrogen-bond donors (Lipinski definition) is 1. The molecule has 106 valence electrons. The van der Waals surface area contributed by atoms with Crippen LogP contribution in [0.3, 0.4) is 0 Å². The number of nitrogens with one attached hydrogen (secondary N) is 1. The summed E-state index contributed by atoms with van der Waals surface area (Å²) in [6.45, 7) is 4.69. The van der Waals surface area contributed by atoms with Crippen LogP contribution in [0.15, 0.2) is 4.47 Å². The van der Waals surface area contributed by atoms with E-state index in [0.29, 0.717) is 19.0 Å². The molecule has 2 rings (SSSR count). The van der Waals surface area contributed by atoms with E-state index in [2.05, 4.69) is 26.3 Å². The molecule has 0 saturated heterocycles. The largest absolute Gasteiger partial charge is 0.468 e. The molecule has 19 heavy (non-hydrogen) atoms. The normalized spacial score (nSPS) is 16.4. The molecular weight excluding hydrogens is 310 g/mol. The molecular formula is C13H20BrN3O2. The summed E-state index contributed by atoms with van der Waals surface area (Å²) in [5, 5.41) is 7.78. The first-order valence-corrected chi connectivity index (χ1v) is 7.35. The zero-order chi connectivity index (χ0) is 14.0. The van der Waals surface area contributed by atoms with Crippen molar-refractivity contribution in [2.24, 2.45) is 0 Å². The average Bonchev–Trinajstić information content (AvgIpc) is 3.18. The lowest BCUT2D eigenvalue weighted by Crippen LogP contribution is -2.39. The van der Waals surface area contributed by atoms with Crippen LogP contribution in [-0.2, 0) is 16.1 Å². The summed E-state index contributed by atoms with van der Waals surface area (Å²) in [7, 11) is 1.43. The van der Waals surface area contributed by atoms with Crippen molar-refractivity contribution >= 4 is 21.9 Å². The topological polar surface area (TPSA) is 56.2 Å². The zero-order valence-electron chi connectivity index (χ0n) is 11.6. The van der Waals surface area contributed by atoms with Gasteiger partial charge in [-0.25, -0.2) is 0 Å². The van der Waals surface area contributed by atoms with Gasteiger partial charge in [0.25, 0.3) is 0 Å². The van der Waals surface area contributed by atoms with Crippen LogP contribution in [0.2, 0.25) is 0 Å². The molecule has 0 amide bonds. The minimum atomic E-state index is -0.236. The highest BCUT2D eigenvalue weighted by molar-refractivity contribution is 9.10. The van der Waals surface area contributed by atoms with Crippen LogP contribution >= 0.6 is 15.9 Å². The van der Waals surface area contributed by atoms with Crippen molar-refractivity contribution in [2.75, 3.05) is 7.11 Å². The van der Waals surface area contributed by atoms with E-state index in [1.165, 1.54) is 7.11 Å². The number of hydrogen-bond acceptors (Lipinski definition) is 4. The minimum absolute atomic E-state index is 0.188. The smallest absolute Gasteiger partial charge is 0.322 e. The molecule has 1 aromatic rings.